The predicted molar refractivity (Wildman–Crippen MR) is 113 cm³/mol. The zero-order valence-electron chi connectivity index (χ0n) is 16.4. The van der Waals surface area contributed by atoms with Crippen LogP contribution in [0.4, 0.5) is 0 Å². The molecule has 0 amide bonds. The highest BCUT2D eigenvalue weighted by molar-refractivity contribution is 5.93. The molecule has 4 aromatic rings. The van der Waals surface area contributed by atoms with Crippen LogP contribution in [0.25, 0.3) is 16.6 Å². The molecule has 0 saturated carbocycles. The largest absolute Gasteiger partial charge is 0.488 e. The molecule has 0 bridgehead atoms. The maximum atomic E-state index is 12.1. The van der Waals surface area contributed by atoms with Crippen molar-refractivity contribution in [3.05, 3.63) is 95.6 Å². The SMILES string of the molecule is COC(=O)c1ccc2c(c1)/C(=C/Cn1cnc3cnccc31)c1ccccc1CO2. The first-order chi connectivity index (χ1) is 14.7. The third-order valence-corrected chi connectivity index (χ3v) is 5.30. The van der Waals surface area contributed by atoms with E-state index < -0.39 is 0 Å². The fourth-order valence-electron chi connectivity index (χ4n) is 3.79. The monoisotopic (exact) mass is 397 g/mol. The predicted octanol–water partition coefficient (Wildman–Crippen LogP) is 4.24. The molecule has 148 valence electrons. The molecule has 30 heavy (non-hydrogen) atoms. The highest BCUT2D eigenvalue weighted by Gasteiger charge is 2.21. The highest BCUT2D eigenvalue weighted by atomic mass is 16.5. The summed E-state index contributed by atoms with van der Waals surface area (Å²) in [5.74, 6) is 0.368. The summed E-state index contributed by atoms with van der Waals surface area (Å²) in [5, 5.41) is 0. The standard InChI is InChI=1S/C24H19N3O3/c1-29-24(28)16-6-7-23-20(12-16)19(18-5-3-2-4-17(18)14-30-23)9-11-27-15-26-21-13-25-10-8-22(21)27/h2-10,12-13,15H,11,14H2,1H3/b19-9+. The van der Waals surface area contributed by atoms with Crippen LogP contribution in [0.1, 0.15) is 27.0 Å². The smallest absolute Gasteiger partial charge is 0.337 e. The lowest BCUT2D eigenvalue weighted by molar-refractivity contribution is 0.0600. The van der Waals surface area contributed by atoms with Crippen LogP contribution in [0.3, 0.4) is 0 Å². The summed E-state index contributed by atoms with van der Waals surface area (Å²) in [7, 11) is 1.38. The molecular formula is C24H19N3O3. The summed E-state index contributed by atoms with van der Waals surface area (Å²) in [6, 6.07) is 15.5. The lowest BCUT2D eigenvalue weighted by Gasteiger charge is -2.12. The number of fused-ring (bicyclic) bond motifs is 3. The number of carbonyl (C=O) groups excluding carboxylic acids is 1. The van der Waals surface area contributed by atoms with Gasteiger partial charge in [-0.15, -0.1) is 0 Å². The fraction of sp³-hybridized carbons (Fsp3) is 0.125. The van der Waals surface area contributed by atoms with Crippen molar-refractivity contribution in [2.75, 3.05) is 7.11 Å². The maximum absolute atomic E-state index is 12.1. The van der Waals surface area contributed by atoms with Crippen LogP contribution in [0.5, 0.6) is 5.75 Å². The molecular weight excluding hydrogens is 378 g/mol. The van der Waals surface area contributed by atoms with Gasteiger partial charge in [0.15, 0.2) is 0 Å². The number of hydrogen-bond donors (Lipinski definition) is 0. The van der Waals surface area contributed by atoms with Crippen LogP contribution in [0.15, 0.2) is 73.3 Å². The number of allylic oxidation sites excluding steroid dienone is 1. The minimum atomic E-state index is -0.372. The third kappa shape index (κ3) is 3.12. The van der Waals surface area contributed by atoms with Crippen LogP contribution in [-0.2, 0) is 17.9 Å². The number of imidazole rings is 1. The van der Waals surface area contributed by atoms with Gasteiger partial charge in [0.1, 0.15) is 17.9 Å². The van der Waals surface area contributed by atoms with E-state index in [-0.39, 0.29) is 5.97 Å². The number of nitrogens with zero attached hydrogens (tertiary/aromatic N) is 3. The molecule has 0 spiro atoms. The molecule has 5 rings (SSSR count). The van der Waals surface area contributed by atoms with E-state index in [1.807, 2.05) is 36.7 Å². The number of hydrogen-bond acceptors (Lipinski definition) is 5. The quantitative estimate of drug-likeness (QED) is 0.484. The molecule has 2 aromatic heterocycles. The summed E-state index contributed by atoms with van der Waals surface area (Å²) in [6.45, 7) is 1.09. The Labute approximate surface area is 173 Å². The summed E-state index contributed by atoms with van der Waals surface area (Å²) >= 11 is 0. The van der Waals surface area contributed by atoms with E-state index in [0.29, 0.717) is 18.7 Å². The Morgan fingerprint density at radius 2 is 2.10 bits per heavy atom. The number of rotatable bonds is 3. The average molecular weight is 397 g/mol. The van der Waals surface area contributed by atoms with Gasteiger partial charge in [0.2, 0.25) is 0 Å². The van der Waals surface area contributed by atoms with Crippen LogP contribution < -0.4 is 4.74 Å². The van der Waals surface area contributed by atoms with E-state index in [0.717, 1.165) is 39.0 Å². The van der Waals surface area contributed by atoms with Gasteiger partial charge in [-0.05, 0) is 41.0 Å². The summed E-state index contributed by atoms with van der Waals surface area (Å²) in [4.78, 5) is 20.7. The summed E-state index contributed by atoms with van der Waals surface area (Å²) in [6.07, 6.45) is 7.48. The minimum Gasteiger partial charge on any atom is -0.488 e. The Morgan fingerprint density at radius 1 is 1.20 bits per heavy atom. The maximum Gasteiger partial charge on any atom is 0.337 e. The van der Waals surface area contributed by atoms with Gasteiger partial charge in [0, 0.05) is 18.3 Å². The first-order valence-corrected chi connectivity index (χ1v) is 9.63. The summed E-state index contributed by atoms with van der Waals surface area (Å²) in [5.41, 5.74) is 6.43. The number of esters is 1. The lowest BCUT2D eigenvalue weighted by atomic mass is 9.93. The second kappa shape index (κ2) is 7.48. The van der Waals surface area contributed by atoms with Gasteiger partial charge in [0.25, 0.3) is 0 Å². The van der Waals surface area contributed by atoms with Gasteiger partial charge in [-0.3, -0.25) is 4.98 Å². The Morgan fingerprint density at radius 3 is 3.00 bits per heavy atom. The molecule has 0 saturated heterocycles. The highest BCUT2D eigenvalue weighted by Crippen LogP contribution is 2.37. The van der Waals surface area contributed by atoms with E-state index in [1.165, 1.54) is 7.11 Å². The Hall–Kier alpha value is -3.93. The van der Waals surface area contributed by atoms with Gasteiger partial charge < -0.3 is 14.0 Å². The lowest BCUT2D eigenvalue weighted by Crippen LogP contribution is -2.03. The molecule has 0 fully saturated rings. The van der Waals surface area contributed by atoms with Crippen LogP contribution in [0, 0.1) is 0 Å². The molecule has 6 nitrogen and oxygen atoms in total. The van der Waals surface area contributed by atoms with Crippen molar-refractivity contribution in [3.63, 3.8) is 0 Å². The topological polar surface area (TPSA) is 66.2 Å². The molecule has 0 unspecified atom stereocenters. The van der Waals surface area contributed by atoms with E-state index in [9.17, 15) is 4.79 Å². The van der Waals surface area contributed by atoms with Crippen molar-refractivity contribution in [2.24, 2.45) is 0 Å². The van der Waals surface area contributed by atoms with Gasteiger partial charge in [0.05, 0.1) is 30.7 Å². The van der Waals surface area contributed by atoms with Gasteiger partial charge in [-0.1, -0.05) is 30.3 Å². The first-order valence-electron chi connectivity index (χ1n) is 9.63. The number of ether oxygens (including phenoxy) is 2. The fourth-order valence-corrected chi connectivity index (χ4v) is 3.79. The third-order valence-electron chi connectivity index (χ3n) is 5.30. The van der Waals surface area contributed by atoms with Gasteiger partial charge in [-0.2, -0.15) is 0 Å². The molecule has 0 N–H and O–H groups in total. The molecule has 6 heteroatoms. The van der Waals surface area contributed by atoms with E-state index in [4.69, 9.17) is 9.47 Å². The minimum absolute atomic E-state index is 0.372. The zero-order valence-corrected chi connectivity index (χ0v) is 16.4. The van der Waals surface area contributed by atoms with Crippen LogP contribution in [0.2, 0.25) is 0 Å². The van der Waals surface area contributed by atoms with Crippen molar-refractivity contribution >= 4 is 22.6 Å². The molecule has 3 heterocycles. The van der Waals surface area contributed by atoms with Crippen molar-refractivity contribution in [1.29, 1.82) is 0 Å². The van der Waals surface area contributed by atoms with Gasteiger partial charge >= 0.3 is 5.97 Å². The summed E-state index contributed by atoms with van der Waals surface area (Å²) < 4.78 is 13.0. The van der Waals surface area contributed by atoms with Crippen molar-refractivity contribution < 1.29 is 14.3 Å². The number of aromatic nitrogens is 3. The molecule has 0 atom stereocenters. The molecule has 0 aliphatic carbocycles. The van der Waals surface area contributed by atoms with Crippen LogP contribution >= 0.6 is 0 Å². The normalized spacial score (nSPS) is 14.0. The van der Waals surface area contributed by atoms with Crippen LogP contribution in [-0.4, -0.2) is 27.6 Å². The van der Waals surface area contributed by atoms with E-state index in [2.05, 4.69) is 32.7 Å². The molecule has 1 aliphatic heterocycles. The molecule has 2 aromatic carbocycles. The Bertz CT molecular complexity index is 1290. The number of carbonyl (C=O) groups is 1. The number of methoxy groups -OCH3 is 1. The first kappa shape index (κ1) is 18.1. The van der Waals surface area contributed by atoms with Crippen molar-refractivity contribution in [2.45, 2.75) is 13.2 Å². The molecule has 1 aliphatic rings. The number of pyridine rings is 1. The van der Waals surface area contributed by atoms with E-state index in [1.54, 1.807) is 18.5 Å². The van der Waals surface area contributed by atoms with Crippen molar-refractivity contribution in [3.8, 4) is 5.75 Å². The Kier molecular flexibility index (Phi) is 4.52. The van der Waals surface area contributed by atoms with E-state index >= 15 is 0 Å². The number of benzene rings is 2. The average Bonchev–Trinajstić information content (AvgIpc) is 3.14. The van der Waals surface area contributed by atoms with Gasteiger partial charge in [-0.25, -0.2) is 9.78 Å². The molecule has 0 radical (unpaired) electrons. The second-order valence-electron chi connectivity index (χ2n) is 7.03. The second-order valence-corrected chi connectivity index (χ2v) is 7.03. The Balaban J connectivity index is 1.65. The zero-order chi connectivity index (χ0) is 20.5. The van der Waals surface area contributed by atoms with Crippen molar-refractivity contribution in [1.82, 2.24) is 14.5 Å².